The summed E-state index contributed by atoms with van der Waals surface area (Å²) >= 11 is 7.01. The molecule has 3 nitrogen and oxygen atoms in total. The van der Waals surface area contributed by atoms with Gasteiger partial charge in [0.05, 0.1) is 5.52 Å². The third-order valence-electron chi connectivity index (χ3n) is 2.46. The Bertz CT molecular complexity index is 522. The van der Waals surface area contributed by atoms with Crippen molar-refractivity contribution < 1.29 is 4.74 Å². The minimum atomic E-state index is 0.685. The van der Waals surface area contributed by atoms with Gasteiger partial charge in [-0.1, -0.05) is 15.9 Å². The van der Waals surface area contributed by atoms with Crippen molar-refractivity contribution >= 4 is 42.8 Å². The monoisotopic (exact) mass is 360 g/mol. The van der Waals surface area contributed by atoms with Crippen LogP contribution in [0, 0.1) is 0 Å². The Morgan fingerprint density at radius 2 is 2.06 bits per heavy atom. The number of fused-ring (bicyclic) bond motifs is 1. The lowest BCUT2D eigenvalue weighted by molar-refractivity contribution is 0.263. The zero-order chi connectivity index (χ0) is 12.4. The van der Waals surface area contributed by atoms with E-state index in [0.717, 1.165) is 32.1 Å². The van der Waals surface area contributed by atoms with E-state index in [1.165, 1.54) is 0 Å². The van der Waals surface area contributed by atoms with Crippen LogP contribution in [0.3, 0.4) is 0 Å². The maximum Gasteiger partial charge on any atom is 0.144 e. The van der Waals surface area contributed by atoms with Gasteiger partial charge in [-0.25, -0.2) is 0 Å². The normalized spacial score (nSPS) is 11.4. The molecule has 92 valence electrons. The molecule has 1 aromatic carbocycles. The van der Waals surface area contributed by atoms with Crippen LogP contribution >= 0.6 is 31.9 Å². The molecular formula is C12H14Br2N2O. The summed E-state index contributed by atoms with van der Waals surface area (Å²) in [5, 5.41) is 1.09. The van der Waals surface area contributed by atoms with Gasteiger partial charge in [0, 0.05) is 27.1 Å². The van der Waals surface area contributed by atoms with E-state index in [4.69, 9.17) is 4.74 Å². The summed E-state index contributed by atoms with van der Waals surface area (Å²) in [5.41, 5.74) is 1.06. The number of likely N-dealkylation sites (N-methyl/N-ethyl adjacent to an activating group) is 1. The average Bonchev–Trinajstić information content (AvgIpc) is 2.61. The largest absolute Gasteiger partial charge is 0.490 e. The molecule has 0 fully saturated rings. The van der Waals surface area contributed by atoms with E-state index in [0.29, 0.717) is 6.61 Å². The standard InChI is InChI=1S/C12H14Br2N2O/c1-16(2)3-4-17-11-7-15-12-9(11)5-8(13)6-10(12)14/h5-7,15H,3-4H2,1-2H3. The average molecular weight is 362 g/mol. The zero-order valence-corrected chi connectivity index (χ0v) is 12.9. The van der Waals surface area contributed by atoms with Crippen molar-refractivity contribution in [3.63, 3.8) is 0 Å². The molecule has 0 aliphatic carbocycles. The van der Waals surface area contributed by atoms with Crippen molar-refractivity contribution in [3.8, 4) is 5.75 Å². The molecule has 0 aliphatic rings. The van der Waals surface area contributed by atoms with Gasteiger partial charge in [-0.05, 0) is 42.2 Å². The number of hydrogen-bond donors (Lipinski definition) is 1. The number of hydrogen-bond acceptors (Lipinski definition) is 2. The summed E-state index contributed by atoms with van der Waals surface area (Å²) in [7, 11) is 4.07. The van der Waals surface area contributed by atoms with E-state index in [-0.39, 0.29) is 0 Å². The Labute approximate surface area is 117 Å². The maximum absolute atomic E-state index is 5.77. The molecule has 1 N–H and O–H groups in total. The van der Waals surface area contributed by atoms with Crippen LogP contribution in [0.25, 0.3) is 10.9 Å². The van der Waals surface area contributed by atoms with Crippen LogP contribution < -0.4 is 4.74 Å². The molecule has 0 saturated heterocycles. The molecule has 0 radical (unpaired) electrons. The predicted molar refractivity (Wildman–Crippen MR) is 77.7 cm³/mol. The molecule has 0 bridgehead atoms. The van der Waals surface area contributed by atoms with Gasteiger partial charge < -0.3 is 14.6 Å². The third kappa shape index (κ3) is 3.03. The molecule has 1 aromatic heterocycles. The fourth-order valence-electron chi connectivity index (χ4n) is 1.59. The summed E-state index contributed by atoms with van der Waals surface area (Å²) in [5.74, 6) is 0.892. The number of nitrogens with one attached hydrogen (secondary N) is 1. The molecule has 0 aliphatic heterocycles. The first-order chi connectivity index (χ1) is 8.08. The minimum Gasteiger partial charge on any atom is -0.490 e. The van der Waals surface area contributed by atoms with Gasteiger partial charge in [-0.15, -0.1) is 0 Å². The van der Waals surface area contributed by atoms with Gasteiger partial charge in [-0.2, -0.15) is 0 Å². The van der Waals surface area contributed by atoms with Crippen LogP contribution in [0.15, 0.2) is 27.3 Å². The van der Waals surface area contributed by atoms with Crippen LogP contribution in [-0.2, 0) is 0 Å². The Morgan fingerprint density at radius 3 is 2.76 bits per heavy atom. The molecule has 0 saturated carbocycles. The highest BCUT2D eigenvalue weighted by Gasteiger charge is 2.08. The van der Waals surface area contributed by atoms with Gasteiger partial charge in [0.15, 0.2) is 0 Å². The quantitative estimate of drug-likeness (QED) is 0.900. The molecule has 0 spiro atoms. The SMILES string of the molecule is CN(C)CCOc1c[nH]c2c(Br)cc(Br)cc12. The van der Waals surface area contributed by atoms with Gasteiger partial charge in [0.2, 0.25) is 0 Å². The van der Waals surface area contributed by atoms with Crippen molar-refractivity contribution in [2.24, 2.45) is 0 Å². The zero-order valence-electron chi connectivity index (χ0n) is 9.76. The Kier molecular flexibility index (Phi) is 4.12. The first kappa shape index (κ1) is 12.9. The molecular weight excluding hydrogens is 348 g/mol. The van der Waals surface area contributed by atoms with E-state index in [1.54, 1.807) is 0 Å². The number of nitrogens with zero attached hydrogens (tertiary/aromatic N) is 1. The highest BCUT2D eigenvalue weighted by Crippen LogP contribution is 2.33. The van der Waals surface area contributed by atoms with Crippen molar-refractivity contribution in [1.82, 2.24) is 9.88 Å². The number of halogens is 2. The summed E-state index contributed by atoms with van der Waals surface area (Å²) in [6.45, 7) is 1.59. The van der Waals surface area contributed by atoms with Crippen LogP contribution in [0.1, 0.15) is 0 Å². The lowest BCUT2D eigenvalue weighted by Gasteiger charge is -2.10. The summed E-state index contributed by atoms with van der Waals surface area (Å²) in [6.07, 6.45) is 1.90. The van der Waals surface area contributed by atoms with Gasteiger partial charge in [0.1, 0.15) is 12.4 Å². The fraction of sp³-hybridized carbons (Fsp3) is 0.333. The lowest BCUT2D eigenvalue weighted by atomic mass is 10.2. The molecule has 1 heterocycles. The molecule has 2 aromatic rings. The van der Waals surface area contributed by atoms with Gasteiger partial charge in [0.25, 0.3) is 0 Å². The second kappa shape index (κ2) is 5.42. The van der Waals surface area contributed by atoms with Crippen molar-refractivity contribution in [2.45, 2.75) is 0 Å². The van der Waals surface area contributed by atoms with Gasteiger partial charge >= 0.3 is 0 Å². The molecule has 0 unspecified atom stereocenters. The van der Waals surface area contributed by atoms with Crippen LogP contribution in [0.4, 0.5) is 0 Å². The lowest BCUT2D eigenvalue weighted by Crippen LogP contribution is -2.19. The first-order valence-electron chi connectivity index (χ1n) is 5.31. The molecule has 17 heavy (non-hydrogen) atoms. The number of aromatic nitrogens is 1. The van der Waals surface area contributed by atoms with E-state index in [9.17, 15) is 0 Å². The number of H-pyrrole nitrogens is 1. The second-order valence-corrected chi connectivity index (χ2v) is 5.88. The van der Waals surface area contributed by atoms with Crippen LogP contribution in [-0.4, -0.2) is 37.1 Å². The maximum atomic E-state index is 5.77. The van der Waals surface area contributed by atoms with Crippen LogP contribution in [0.5, 0.6) is 5.75 Å². The van der Waals surface area contributed by atoms with Crippen molar-refractivity contribution in [2.75, 3.05) is 27.2 Å². The number of aromatic amines is 1. The Morgan fingerprint density at radius 1 is 1.29 bits per heavy atom. The summed E-state index contributed by atoms with van der Waals surface area (Å²) in [6, 6.07) is 4.07. The van der Waals surface area contributed by atoms with Crippen molar-refractivity contribution in [1.29, 1.82) is 0 Å². The second-order valence-electron chi connectivity index (χ2n) is 4.11. The number of benzene rings is 1. The first-order valence-corrected chi connectivity index (χ1v) is 6.90. The number of ether oxygens (including phenoxy) is 1. The molecule has 5 heteroatoms. The Balaban J connectivity index is 2.23. The summed E-state index contributed by atoms with van der Waals surface area (Å²) in [4.78, 5) is 5.31. The van der Waals surface area contributed by atoms with Gasteiger partial charge in [-0.3, -0.25) is 0 Å². The number of rotatable bonds is 4. The molecule has 2 rings (SSSR count). The van der Waals surface area contributed by atoms with E-state index in [1.807, 2.05) is 26.4 Å². The third-order valence-corrected chi connectivity index (χ3v) is 3.55. The minimum absolute atomic E-state index is 0.685. The highest BCUT2D eigenvalue weighted by molar-refractivity contribution is 9.11. The van der Waals surface area contributed by atoms with E-state index < -0.39 is 0 Å². The highest BCUT2D eigenvalue weighted by atomic mass is 79.9. The molecule has 0 atom stereocenters. The molecule has 0 amide bonds. The summed E-state index contributed by atoms with van der Waals surface area (Å²) < 4.78 is 7.83. The fourth-order valence-corrected chi connectivity index (χ4v) is 2.93. The van der Waals surface area contributed by atoms with E-state index in [2.05, 4.69) is 47.8 Å². The topological polar surface area (TPSA) is 28.3 Å². The van der Waals surface area contributed by atoms with Crippen molar-refractivity contribution in [3.05, 3.63) is 27.3 Å². The smallest absolute Gasteiger partial charge is 0.144 e. The predicted octanol–water partition coefficient (Wildman–Crippen LogP) is 3.63. The Hall–Kier alpha value is -0.520. The van der Waals surface area contributed by atoms with Crippen LogP contribution in [0.2, 0.25) is 0 Å². The van der Waals surface area contributed by atoms with E-state index >= 15 is 0 Å².